The molecule has 0 heterocycles. The van der Waals surface area contributed by atoms with Crippen LogP contribution in [0, 0.1) is 0 Å². The molecule has 0 saturated carbocycles. The van der Waals surface area contributed by atoms with Crippen molar-refractivity contribution in [3.63, 3.8) is 0 Å². The quantitative estimate of drug-likeness (QED) is 0.391. The summed E-state index contributed by atoms with van der Waals surface area (Å²) >= 11 is 0.0556. The average Bonchev–Trinajstić information content (AvgIpc) is 1.36. The SMILES string of the molecule is O=P(O)(O)O.[O]=[Hf]. The fourth-order valence-corrected chi connectivity index (χ4v) is 0. The van der Waals surface area contributed by atoms with E-state index in [1.165, 1.54) is 0 Å². The van der Waals surface area contributed by atoms with Crippen LogP contribution >= 0.6 is 7.82 Å². The Hall–Kier alpha value is 0.780. The third kappa shape index (κ3) is 255. The molecule has 0 fully saturated rings. The molecule has 0 aliphatic heterocycles. The third-order valence-corrected chi connectivity index (χ3v) is 0. The normalized spacial score (nSPS) is 8.86. The van der Waals surface area contributed by atoms with Crippen LogP contribution in [-0.2, 0) is 31.8 Å². The van der Waals surface area contributed by atoms with Gasteiger partial charge in [-0.15, -0.1) is 0 Å². The van der Waals surface area contributed by atoms with Crippen molar-refractivity contribution in [1.82, 2.24) is 0 Å². The summed E-state index contributed by atoms with van der Waals surface area (Å²) in [5.74, 6) is 0. The van der Waals surface area contributed by atoms with Crippen LogP contribution in [0.4, 0.5) is 0 Å². The van der Waals surface area contributed by atoms with Crippen LogP contribution < -0.4 is 0 Å². The van der Waals surface area contributed by atoms with Crippen LogP contribution in [0.25, 0.3) is 0 Å². The topological polar surface area (TPSA) is 94.8 Å². The van der Waals surface area contributed by atoms with Crippen LogP contribution in [-0.4, -0.2) is 14.7 Å². The van der Waals surface area contributed by atoms with E-state index in [-0.39, 0.29) is 24.4 Å². The van der Waals surface area contributed by atoms with Crippen LogP contribution in [0.1, 0.15) is 0 Å². The Morgan fingerprint density at radius 3 is 1.14 bits per heavy atom. The minimum atomic E-state index is -4.64. The molecular weight excluding hydrogens is 289 g/mol. The molecule has 3 N–H and O–H groups in total. The molecular formula is H3HfO5P. The Morgan fingerprint density at radius 1 is 1.14 bits per heavy atom. The molecule has 0 aliphatic rings. The zero-order chi connectivity index (χ0) is 6.50. The van der Waals surface area contributed by atoms with E-state index in [1.807, 2.05) is 0 Å². The van der Waals surface area contributed by atoms with Gasteiger partial charge < -0.3 is 14.7 Å². The Kier molecular flexibility index (Phi) is 7.54. The molecule has 0 aromatic rings. The molecule has 42 valence electrons. The third-order valence-electron chi connectivity index (χ3n) is 0. The van der Waals surface area contributed by atoms with Gasteiger partial charge in [0.2, 0.25) is 0 Å². The van der Waals surface area contributed by atoms with E-state index in [4.69, 9.17) is 22.1 Å². The van der Waals surface area contributed by atoms with Gasteiger partial charge in [0, 0.05) is 0 Å². The van der Waals surface area contributed by atoms with Crippen LogP contribution in [0.3, 0.4) is 0 Å². The van der Waals surface area contributed by atoms with Crippen molar-refractivity contribution in [2.75, 3.05) is 0 Å². The number of hydrogen-bond acceptors (Lipinski definition) is 2. The first-order valence-corrected chi connectivity index (χ1v) is 4.02. The first-order chi connectivity index (χ1) is 3.00. The molecule has 0 spiro atoms. The number of phosphoric acid groups is 1. The zero-order valence-electron chi connectivity index (χ0n) is 3.11. The number of rotatable bonds is 0. The predicted molar refractivity (Wildman–Crippen MR) is 14.9 cm³/mol. The molecule has 0 atom stereocenters. The van der Waals surface area contributed by atoms with Crippen molar-refractivity contribution >= 4 is 7.82 Å². The van der Waals surface area contributed by atoms with E-state index in [2.05, 4.69) is 0 Å². The van der Waals surface area contributed by atoms with E-state index in [1.54, 1.807) is 0 Å². The molecule has 0 unspecified atom stereocenters. The summed E-state index contributed by atoms with van der Waals surface area (Å²) in [7, 11) is -4.64. The molecule has 0 amide bonds. The van der Waals surface area contributed by atoms with Gasteiger partial charge >= 0.3 is 35.1 Å². The van der Waals surface area contributed by atoms with E-state index in [0.717, 1.165) is 0 Å². The average molecular weight is 292 g/mol. The second-order valence-electron chi connectivity index (χ2n) is 0.513. The molecule has 0 bridgehead atoms. The summed E-state index contributed by atoms with van der Waals surface area (Å²) in [4.78, 5) is 21.6. The molecule has 0 rings (SSSR count). The van der Waals surface area contributed by atoms with Gasteiger partial charge in [0.25, 0.3) is 0 Å². The van der Waals surface area contributed by atoms with Crippen molar-refractivity contribution < 1.29 is 46.5 Å². The van der Waals surface area contributed by atoms with E-state index < -0.39 is 7.82 Å². The van der Waals surface area contributed by atoms with Gasteiger partial charge in [0.05, 0.1) is 0 Å². The van der Waals surface area contributed by atoms with E-state index >= 15 is 0 Å². The number of hydrogen-bond donors (Lipinski definition) is 3. The van der Waals surface area contributed by atoms with Crippen molar-refractivity contribution in [3.05, 3.63) is 0 Å². The Bertz CT molecular complexity index is 63.9. The molecule has 7 heteroatoms. The molecule has 5 nitrogen and oxygen atoms in total. The van der Waals surface area contributed by atoms with Gasteiger partial charge in [-0.3, -0.25) is 0 Å². The maximum atomic E-state index is 8.88. The fourth-order valence-electron chi connectivity index (χ4n) is 0. The van der Waals surface area contributed by atoms with Crippen molar-refractivity contribution in [2.24, 2.45) is 0 Å². The second kappa shape index (κ2) is 4.93. The van der Waals surface area contributed by atoms with Gasteiger partial charge in [0.15, 0.2) is 0 Å². The van der Waals surface area contributed by atoms with Crippen molar-refractivity contribution in [3.8, 4) is 0 Å². The van der Waals surface area contributed by atoms with Gasteiger partial charge in [-0.1, -0.05) is 0 Å². The summed E-state index contributed by atoms with van der Waals surface area (Å²) in [6.07, 6.45) is 0. The second-order valence-corrected chi connectivity index (χ2v) is 1.54. The Morgan fingerprint density at radius 2 is 1.14 bits per heavy atom. The molecule has 0 aromatic heterocycles. The van der Waals surface area contributed by atoms with Crippen LogP contribution in [0.5, 0.6) is 0 Å². The van der Waals surface area contributed by atoms with E-state index in [0.29, 0.717) is 0 Å². The van der Waals surface area contributed by atoms with Crippen molar-refractivity contribution in [1.29, 1.82) is 0 Å². The molecule has 0 aromatic carbocycles. The zero-order valence-corrected chi connectivity index (χ0v) is 7.59. The summed E-state index contributed by atoms with van der Waals surface area (Å²) < 4.78 is 17.3. The van der Waals surface area contributed by atoms with Gasteiger partial charge in [-0.05, 0) is 0 Å². The van der Waals surface area contributed by atoms with Gasteiger partial charge in [0.1, 0.15) is 0 Å². The molecule has 0 aliphatic carbocycles. The Balaban J connectivity index is 0. The molecule has 0 saturated heterocycles. The summed E-state index contributed by atoms with van der Waals surface area (Å²) in [5.41, 5.74) is 0. The van der Waals surface area contributed by atoms with Crippen LogP contribution in [0.2, 0.25) is 0 Å². The minimum absolute atomic E-state index is 0.0556. The first-order valence-electron chi connectivity index (χ1n) is 0.987. The first kappa shape index (κ1) is 10.7. The summed E-state index contributed by atoms with van der Waals surface area (Å²) in [6.45, 7) is 0. The Labute approximate surface area is 54.6 Å². The van der Waals surface area contributed by atoms with Gasteiger partial charge in [-0.25, -0.2) is 4.57 Å². The monoisotopic (exact) mass is 294 g/mol. The molecule has 0 radical (unpaired) electrons. The van der Waals surface area contributed by atoms with E-state index in [9.17, 15) is 0 Å². The van der Waals surface area contributed by atoms with Crippen LogP contribution in [0.15, 0.2) is 0 Å². The summed E-state index contributed by atoms with van der Waals surface area (Å²) in [6, 6.07) is 0. The summed E-state index contributed by atoms with van der Waals surface area (Å²) in [5, 5.41) is 0. The van der Waals surface area contributed by atoms with Crippen molar-refractivity contribution in [2.45, 2.75) is 0 Å². The fraction of sp³-hybridized carbons (Fsp3) is 0. The predicted octanol–water partition coefficient (Wildman–Crippen LogP) is -1.05. The van der Waals surface area contributed by atoms with Gasteiger partial charge in [-0.2, -0.15) is 0 Å². The maximum absolute atomic E-state index is 8.88. The standard InChI is InChI=1S/Hf.H3O4P.O/c;1-5(2,3)4;/h;(H3,1,2,3,4);. The molecule has 7 heavy (non-hydrogen) atoms.